The second kappa shape index (κ2) is 8.33. The zero-order chi connectivity index (χ0) is 20.4. The van der Waals surface area contributed by atoms with Crippen LogP contribution in [-0.4, -0.2) is 47.0 Å². The molecule has 0 aliphatic carbocycles. The van der Waals surface area contributed by atoms with Crippen LogP contribution in [0.4, 0.5) is 14.6 Å². The zero-order valence-corrected chi connectivity index (χ0v) is 17.3. The Bertz CT molecular complexity index is 963. The minimum atomic E-state index is -1.68. The first kappa shape index (κ1) is 20.2. The van der Waals surface area contributed by atoms with E-state index in [0.29, 0.717) is 5.03 Å². The standard InChI is InChI=1S/C18H20F2N6OS2/c1-12(28-17-16(23-29-24-17)25-6-2-3-7-25)18(27,9-26-11-21-10-22-26)14-5-4-13(19)8-15(14)20/h4-5,8,10-12,27H,2-3,6-7,9H2,1H3. The summed E-state index contributed by atoms with van der Waals surface area (Å²) in [5, 5.41) is 15.8. The molecule has 1 aliphatic rings. The Morgan fingerprint density at radius 1 is 1.28 bits per heavy atom. The molecule has 0 radical (unpaired) electrons. The first-order chi connectivity index (χ1) is 14.0. The number of benzene rings is 1. The van der Waals surface area contributed by atoms with Gasteiger partial charge in [0, 0.05) is 30.0 Å². The topological polar surface area (TPSA) is 80.0 Å². The van der Waals surface area contributed by atoms with Crippen molar-refractivity contribution < 1.29 is 13.9 Å². The summed E-state index contributed by atoms with van der Waals surface area (Å²) >= 11 is 2.44. The molecule has 1 saturated heterocycles. The van der Waals surface area contributed by atoms with Crippen LogP contribution in [0.2, 0.25) is 0 Å². The number of aliphatic hydroxyl groups is 1. The van der Waals surface area contributed by atoms with Crippen molar-refractivity contribution in [1.29, 1.82) is 0 Å². The lowest BCUT2D eigenvalue weighted by atomic mass is 9.90. The van der Waals surface area contributed by atoms with Crippen molar-refractivity contribution in [2.75, 3.05) is 18.0 Å². The molecule has 1 aromatic carbocycles. The Labute approximate surface area is 175 Å². The van der Waals surface area contributed by atoms with E-state index >= 15 is 0 Å². The maximum absolute atomic E-state index is 14.6. The van der Waals surface area contributed by atoms with Gasteiger partial charge in [-0.25, -0.2) is 18.4 Å². The van der Waals surface area contributed by atoms with Crippen molar-refractivity contribution in [3.05, 3.63) is 48.1 Å². The molecule has 7 nitrogen and oxygen atoms in total. The van der Waals surface area contributed by atoms with Crippen molar-refractivity contribution in [3.63, 3.8) is 0 Å². The third-order valence-corrected chi connectivity index (χ3v) is 6.95. The Morgan fingerprint density at radius 3 is 2.76 bits per heavy atom. The lowest BCUT2D eigenvalue weighted by Crippen LogP contribution is -2.41. The molecular formula is C18H20F2N6OS2. The van der Waals surface area contributed by atoms with Gasteiger partial charge in [0.2, 0.25) is 0 Å². The van der Waals surface area contributed by atoms with Crippen LogP contribution in [0.3, 0.4) is 0 Å². The molecule has 0 saturated carbocycles. The summed E-state index contributed by atoms with van der Waals surface area (Å²) in [5.41, 5.74) is -1.68. The van der Waals surface area contributed by atoms with Crippen molar-refractivity contribution in [2.24, 2.45) is 0 Å². The summed E-state index contributed by atoms with van der Waals surface area (Å²) in [5.74, 6) is -0.710. The van der Waals surface area contributed by atoms with Crippen LogP contribution < -0.4 is 4.90 Å². The molecule has 0 spiro atoms. The molecule has 4 rings (SSSR count). The average Bonchev–Trinajstić information content (AvgIpc) is 3.44. The van der Waals surface area contributed by atoms with E-state index < -0.39 is 22.5 Å². The van der Waals surface area contributed by atoms with Gasteiger partial charge < -0.3 is 10.0 Å². The van der Waals surface area contributed by atoms with Crippen LogP contribution in [-0.2, 0) is 12.1 Å². The molecule has 1 aliphatic heterocycles. The summed E-state index contributed by atoms with van der Waals surface area (Å²) < 4.78 is 38.4. The molecule has 2 unspecified atom stereocenters. The highest BCUT2D eigenvalue weighted by Crippen LogP contribution is 2.41. The third-order valence-electron chi connectivity index (χ3n) is 5.08. The number of aromatic nitrogens is 5. The first-order valence-corrected chi connectivity index (χ1v) is 10.8. The van der Waals surface area contributed by atoms with Crippen molar-refractivity contribution in [1.82, 2.24) is 23.5 Å². The molecule has 0 amide bonds. The quantitative estimate of drug-likeness (QED) is 0.568. The minimum Gasteiger partial charge on any atom is -0.382 e. The number of nitrogens with zero attached hydrogens (tertiary/aromatic N) is 6. The normalized spacial score (nSPS) is 17.4. The van der Waals surface area contributed by atoms with Gasteiger partial charge in [-0.2, -0.15) is 13.8 Å². The molecule has 11 heteroatoms. The summed E-state index contributed by atoms with van der Waals surface area (Å²) in [6, 6.07) is 3.20. The van der Waals surface area contributed by atoms with Crippen LogP contribution in [0.25, 0.3) is 0 Å². The molecule has 2 aromatic heterocycles. The lowest BCUT2D eigenvalue weighted by Gasteiger charge is -2.34. The molecule has 154 valence electrons. The van der Waals surface area contributed by atoms with Gasteiger partial charge in [-0.05, 0) is 25.8 Å². The summed E-state index contributed by atoms with van der Waals surface area (Å²) in [7, 11) is 0. The van der Waals surface area contributed by atoms with Gasteiger partial charge in [0.1, 0.15) is 29.9 Å². The monoisotopic (exact) mass is 438 g/mol. The van der Waals surface area contributed by atoms with Crippen LogP contribution >= 0.6 is 23.5 Å². The van der Waals surface area contributed by atoms with E-state index in [1.54, 1.807) is 6.92 Å². The number of halogens is 2. The third kappa shape index (κ3) is 4.12. The van der Waals surface area contributed by atoms with Crippen molar-refractivity contribution >= 4 is 29.3 Å². The number of hydrogen-bond donors (Lipinski definition) is 1. The lowest BCUT2D eigenvalue weighted by molar-refractivity contribution is 0.0133. The van der Waals surface area contributed by atoms with E-state index in [-0.39, 0.29) is 12.1 Å². The maximum Gasteiger partial charge on any atom is 0.176 e. The molecule has 3 heterocycles. The van der Waals surface area contributed by atoms with E-state index in [2.05, 4.69) is 23.7 Å². The number of anilines is 1. The fourth-order valence-corrected chi connectivity index (χ4v) is 5.29. The van der Waals surface area contributed by atoms with Crippen LogP contribution in [0.1, 0.15) is 25.3 Å². The zero-order valence-electron chi connectivity index (χ0n) is 15.7. The van der Waals surface area contributed by atoms with Gasteiger partial charge in [0.15, 0.2) is 10.8 Å². The SMILES string of the molecule is CC(Sc1nsnc1N1CCCC1)C(O)(Cn1cncn1)c1ccc(F)cc1F. The Morgan fingerprint density at radius 2 is 2.07 bits per heavy atom. The maximum atomic E-state index is 14.6. The fourth-order valence-electron chi connectivity index (χ4n) is 3.47. The predicted octanol–water partition coefficient (Wildman–Crippen LogP) is 3.08. The number of hydrogen-bond acceptors (Lipinski definition) is 8. The first-order valence-electron chi connectivity index (χ1n) is 9.22. The van der Waals surface area contributed by atoms with Crippen molar-refractivity contribution in [2.45, 2.75) is 42.2 Å². The van der Waals surface area contributed by atoms with Gasteiger partial charge in [-0.1, -0.05) is 17.8 Å². The number of rotatable bonds is 7. The predicted molar refractivity (Wildman–Crippen MR) is 107 cm³/mol. The summed E-state index contributed by atoms with van der Waals surface area (Å²) in [4.78, 5) is 6.06. The molecule has 1 fully saturated rings. The highest BCUT2D eigenvalue weighted by atomic mass is 32.2. The second-order valence-electron chi connectivity index (χ2n) is 6.99. The van der Waals surface area contributed by atoms with Gasteiger partial charge in [-0.3, -0.25) is 0 Å². The molecule has 0 bridgehead atoms. The molecule has 3 aromatic rings. The van der Waals surface area contributed by atoms with Crippen LogP contribution in [0.5, 0.6) is 0 Å². The Hall–Kier alpha value is -2.11. The van der Waals surface area contributed by atoms with Crippen LogP contribution in [0.15, 0.2) is 35.9 Å². The summed E-state index contributed by atoms with van der Waals surface area (Å²) in [6.07, 6.45) is 5.00. The van der Waals surface area contributed by atoms with Gasteiger partial charge >= 0.3 is 0 Å². The molecule has 1 N–H and O–H groups in total. The largest absolute Gasteiger partial charge is 0.382 e. The Kier molecular flexibility index (Phi) is 5.79. The van der Waals surface area contributed by atoms with E-state index in [1.165, 1.54) is 35.2 Å². The molecule has 29 heavy (non-hydrogen) atoms. The molecular weight excluding hydrogens is 418 g/mol. The smallest absolute Gasteiger partial charge is 0.176 e. The van der Waals surface area contributed by atoms with E-state index in [9.17, 15) is 13.9 Å². The number of thioether (sulfide) groups is 1. The van der Waals surface area contributed by atoms with Crippen LogP contribution in [0, 0.1) is 11.6 Å². The highest BCUT2D eigenvalue weighted by Gasteiger charge is 2.41. The molecule has 2 atom stereocenters. The van der Waals surface area contributed by atoms with Crippen molar-refractivity contribution in [3.8, 4) is 0 Å². The summed E-state index contributed by atoms with van der Waals surface area (Å²) in [6.45, 7) is 3.59. The highest BCUT2D eigenvalue weighted by molar-refractivity contribution is 8.00. The Balaban J connectivity index is 1.66. The van der Waals surface area contributed by atoms with E-state index in [4.69, 9.17) is 0 Å². The van der Waals surface area contributed by atoms with Gasteiger partial charge in [0.25, 0.3) is 0 Å². The second-order valence-corrected chi connectivity index (χ2v) is 8.85. The van der Waals surface area contributed by atoms with Gasteiger partial charge in [-0.15, -0.1) is 0 Å². The van der Waals surface area contributed by atoms with Gasteiger partial charge in [0.05, 0.1) is 18.3 Å². The van der Waals surface area contributed by atoms with E-state index in [0.717, 1.165) is 55.6 Å². The average molecular weight is 439 g/mol. The minimum absolute atomic E-state index is 0.000288. The fraction of sp³-hybridized carbons (Fsp3) is 0.444. The van der Waals surface area contributed by atoms with E-state index in [1.807, 2.05) is 0 Å².